The van der Waals surface area contributed by atoms with E-state index in [1.54, 1.807) is 30.5 Å². The van der Waals surface area contributed by atoms with Crippen LogP contribution in [-0.2, 0) is 11.2 Å². The van der Waals surface area contributed by atoms with Crippen LogP contribution in [0.4, 0.5) is 0 Å². The van der Waals surface area contributed by atoms with Gasteiger partial charge >= 0.3 is 5.97 Å². The van der Waals surface area contributed by atoms with Crippen LogP contribution in [-0.4, -0.2) is 21.0 Å². The largest absolute Gasteiger partial charge is 0.481 e. The summed E-state index contributed by atoms with van der Waals surface area (Å²) in [6.07, 6.45) is 1.51. The molecule has 3 aromatic rings. The van der Waals surface area contributed by atoms with Crippen LogP contribution in [0.3, 0.4) is 0 Å². The van der Waals surface area contributed by atoms with E-state index in [0.717, 1.165) is 11.0 Å². The molecule has 2 aromatic carbocycles. The first-order valence-corrected chi connectivity index (χ1v) is 6.41. The topological polar surface area (TPSA) is 72.3 Å². The Hall–Kier alpha value is -2.95. The van der Waals surface area contributed by atoms with E-state index in [1.807, 2.05) is 24.3 Å². The predicted molar refractivity (Wildman–Crippen MR) is 77.4 cm³/mol. The Morgan fingerprint density at radius 2 is 1.90 bits per heavy atom. The SMILES string of the molecule is O=C(O)Cc1cccc(Oc2cnc3ccccc3n2)c1. The lowest BCUT2D eigenvalue weighted by atomic mass is 10.1. The zero-order chi connectivity index (χ0) is 14.7. The first-order chi connectivity index (χ1) is 10.2. The normalized spacial score (nSPS) is 10.5. The van der Waals surface area contributed by atoms with Crippen molar-refractivity contribution in [2.24, 2.45) is 0 Å². The van der Waals surface area contributed by atoms with Crippen molar-refractivity contribution in [1.82, 2.24) is 9.97 Å². The van der Waals surface area contributed by atoms with Gasteiger partial charge in [0.15, 0.2) is 0 Å². The molecule has 0 saturated carbocycles. The van der Waals surface area contributed by atoms with E-state index >= 15 is 0 Å². The number of fused-ring (bicyclic) bond motifs is 1. The minimum atomic E-state index is -0.877. The van der Waals surface area contributed by atoms with Crippen LogP contribution in [0.5, 0.6) is 11.6 Å². The van der Waals surface area contributed by atoms with Gasteiger partial charge in [-0.05, 0) is 29.8 Å². The second-order valence-corrected chi connectivity index (χ2v) is 4.52. The van der Waals surface area contributed by atoms with Gasteiger partial charge in [-0.1, -0.05) is 24.3 Å². The van der Waals surface area contributed by atoms with Crippen molar-refractivity contribution in [2.75, 3.05) is 0 Å². The average Bonchev–Trinajstić information content (AvgIpc) is 2.47. The maximum Gasteiger partial charge on any atom is 0.307 e. The second kappa shape index (κ2) is 5.58. The Balaban J connectivity index is 1.86. The molecular formula is C16H12N2O3. The molecule has 0 unspecified atom stereocenters. The highest BCUT2D eigenvalue weighted by atomic mass is 16.5. The van der Waals surface area contributed by atoms with Crippen LogP contribution in [0.1, 0.15) is 5.56 Å². The summed E-state index contributed by atoms with van der Waals surface area (Å²) in [7, 11) is 0. The highest BCUT2D eigenvalue weighted by molar-refractivity contribution is 5.74. The van der Waals surface area contributed by atoms with E-state index in [9.17, 15) is 4.79 Å². The standard InChI is InChI=1S/C16H12N2O3/c19-16(20)9-11-4-3-5-12(8-11)21-15-10-17-13-6-1-2-7-14(13)18-15/h1-8,10H,9H2,(H,19,20). The van der Waals surface area contributed by atoms with Gasteiger partial charge in [0.05, 0.1) is 23.7 Å². The van der Waals surface area contributed by atoms with E-state index in [-0.39, 0.29) is 6.42 Å². The zero-order valence-electron chi connectivity index (χ0n) is 11.1. The quantitative estimate of drug-likeness (QED) is 0.795. The third-order valence-electron chi connectivity index (χ3n) is 2.90. The van der Waals surface area contributed by atoms with Crippen LogP contribution in [0.15, 0.2) is 54.7 Å². The van der Waals surface area contributed by atoms with E-state index in [2.05, 4.69) is 9.97 Å². The van der Waals surface area contributed by atoms with Crippen molar-refractivity contribution in [2.45, 2.75) is 6.42 Å². The number of rotatable bonds is 4. The molecule has 0 amide bonds. The third kappa shape index (κ3) is 3.14. The summed E-state index contributed by atoms with van der Waals surface area (Å²) in [5, 5.41) is 8.80. The van der Waals surface area contributed by atoms with Crippen LogP contribution in [0, 0.1) is 0 Å². The Bertz CT molecular complexity index is 802. The lowest BCUT2D eigenvalue weighted by Gasteiger charge is -2.06. The van der Waals surface area contributed by atoms with Crippen molar-refractivity contribution >= 4 is 17.0 Å². The molecule has 0 spiro atoms. The van der Waals surface area contributed by atoms with Crippen LogP contribution in [0.25, 0.3) is 11.0 Å². The molecule has 1 N–H and O–H groups in total. The fourth-order valence-corrected chi connectivity index (χ4v) is 2.00. The molecule has 0 fully saturated rings. The Labute approximate surface area is 120 Å². The maximum atomic E-state index is 10.7. The molecule has 5 nitrogen and oxygen atoms in total. The van der Waals surface area contributed by atoms with Gasteiger partial charge in [-0.2, -0.15) is 0 Å². The number of para-hydroxylation sites is 2. The minimum absolute atomic E-state index is 0.0411. The van der Waals surface area contributed by atoms with Crippen molar-refractivity contribution in [1.29, 1.82) is 0 Å². The van der Waals surface area contributed by atoms with Crippen molar-refractivity contribution in [3.05, 3.63) is 60.3 Å². The molecule has 5 heteroatoms. The molecule has 0 aliphatic heterocycles. The Morgan fingerprint density at radius 1 is 1.10 bits per heavy atom. The van der Waals surface area contributed by atoms with Gasteiger partial charge in [-0.3, -0.25) is 4.79 Å². The fourth-order valence-electron chi connectivity index (χ4n) is 2.00. The number of hydrogen-bond donors (Lipinski definition) is 1. The molecule has 0 saturated heterocycles. The predicted octanol–water partition coefficient (Wildman–Crippen LogP) is 3.05. The van der Waals surface area contributed by atoms with Gasteiger partial charge in [0.1, 0.15) is 5.75 Å². The first-order valence-electron chi connectivity index (χ1n) is 6.41. The molecule has 0 radical (unpaired) electrons. The van der Waals surface area contributed by atoms with Crippen LogP contribution in [0.2, 0.25) is 0 Å². The lowest BCUT2D eigenvalue weighted by molar-refractivity contribution is -0.136. The number of carboxylic acid groups (broad SMARTS) is 1. The van der Waals surface area contributed by atoms with E-state index in [0.29, 0.717) is 17.2 Å². The first kappa shape index (κ1) is 13.1. The molecule has 1 aromatic heterocycles. The van der Waals surface area contributed by atoms with E-state index in [1.165, 1.54) is 0 Å². The van der Waals surface area contributed by atoms with Gasteiger partial charge in [0, 0.05) is 0 Å². The molecule has 1 heterocycles. The summed E-state index contributed by atoms with van der Waals surface area (Å²) in [4.78, 5) is 19.3. The summed E-state index contributed by atoms with van der Waals surface area (Å²) in [6, 6.07) is 14.4. The summed E-state index contributed by atoms with van der Waals surface area (Å²) in [6.45, 7) is 0. The number of carbonyl (C=O) groups is 1. The van der Waals surface area contributed by atoms with Gasteiger partial charge in [0.2, 0.25) is 5.88 Å². The minimum Gasteiger partial charge on any atom is -0.481 e. The second-order valence-electron chi connectivity index (χ2n) is 4.52. The molecule has 0 aliphatic carbocycles. The molecule has 0 bridgehead atoms. The van der Waals surface area contributed by atoms with Crippen LogP contribution < -0.4 is 4.74 Å². The number of nitrogens with zero attached hydrogens (tertiary/aromatic N) is 2. The zero-order valence-corrected chi connectivity index (χ0v) is 11.1. The smallest absolute Gasteiger partial charge is 0.307 e. The molecular weight excluding hydrogens is 268 g/mol. The van der Waals surface area contributed by atoms with Gasteiger partial charge < -0.3 is 9.84 Å². The number of aliphatic carboxylic acids is 1. The highest BCUT2D eigenvalue weighted by Gasteiger charge is 2.05. The Kier molecular flexibility index (Phi) is 3.47. The monoisotopic (exact) mass is 280 g/mol. The van der Waals surface area contributed by atoms with Crippen molar-refractivity contribution in [3.63, 3.8) is 0 Å². The number of benzene rings is 2. The maximum absolute atomic E-state index is 10.7. The Morgan fingerprint density at radius 3 is 2.71 bits per heavy atom. The number of hydrogen-bond acceptors (Lipinski definition) is 4. The van der Waals surface area contributed by atoms with Gasteiger partial charge in [0.25, 0.3) is 0 Å². The van der Waals surface area contributed by atoms with E-state index < -0.39 is 5.97 Å². The molecule has 3 rings (SSSR count). The highest BCUT2D eigenvalue weighted by Crippen LogP contribution is 2.22. The fraction of sp³-hybridized carbons (Fsp3) is 0.0625. The lowest BCUT2D eigenvalue weighted by Crippen LogP contribution is -2.00. The molecule has 0 atom stereocenters. The summed E-state index contributed by atoms with van der Waals surface area (Å²) < 4.78 is 5.64. The van der Waals surface area contributed by atoms with Crippen molar-refractivity contribution < 1.29 is 14.6 Å². The van der Waals surface area contributed by atoms with E-state index in [4.69, 9.17) is 9.84 Å². The van der Waals surface area contributed by atoms with Crippen molar-refractivity contribution in [3.8, 4) is 11.6 Å². The number of aromatic nitrogens is 2. The van der Waals surface area contributed by atoms with Crippen LogP contribution >= 0.6 is 0 Å². The summed E-state index contributed by atoms with van der Waals surface area (Å²) in [5.74, 6) is 0.0390. The molecule has 104 valence electrons. The molecule has 0 aliphatic rings. The molecule has 21 heavy (non-hydrogen) atoms. The number of carboxylic acids is 1. The number of ether oxygens (including phenoxy) is 1. The third-order valence-corrected chi connectivity index (χ3v) is 2.90. The summed E-state index contributed by atoms with van der Waals surface area (Å²) in [5.41, 5.74) is 2.22. The van der Waals surface area contributed by atoms with Gasteiger partial charge in [-0.15, -0.1) is 0 Å². The average molecular weight is 280 g/mol. The summed E-state index contributed by atoms with van der Waals surface area (Å²) >= 11 is 0. The van der Waals surface area contributed by atoms with Gasteiger partial charge in [-0.25, -0.2) is 9.97 Å².